The summed E-state index contributed by atoms with van der Waals surface area (Å²) < 4.78 is 6.36. The Morgan fingerprint density at radius 3 is 2.78 bits per heavy atom. The minimum Gasteiger partial charge on any atom is -0.394 e. The predicted molar refractivity (Wildman–Crippen MR) is 65.1 cm³/mol. The molecule has 2 rings (SSSR count). The zero-order valence-corrected chi connectivity index (χ0v) is 10.8. The molecule has 1 unspecified atom stereocenters. The summed E-state index contributed by atoms with van der Waals surface area (Å²) in [6.07, 6.45) is -2.38. The number of aliphatic hydroxyl groups excluding tert-OH is 2. The minimum absolute atomic E-state index is 0.0210. The average Bonchev–Trinajstić information content (AvgIpc) is 2.67. The molecule has 1 saturated heterocycles. The van der Waals surface area contributed by atoms with Crippen molar-refractivity contribution in [2.45, 2.75) is 24.9 Å². The zero-order valence-electron chi connectivity index (χ0n) is 9.17. The number of hydrogen-bond acceptors (Lipinski definition) is 6. The van der Waals surface area contributed by atoms with Crippen LogP contribution in [0.2, 0.25) is 0 Å². The molecule has 1 aliphatic heterocycles. The molecule has 0 aromatic carbocycles. The molecule has 5 N–H and O–H groups in total. The molecule has 0 aliphatic carbocycles. The Hall–Kier alpha value is -1.16. The summed E-state index contributed by atoms with van der Waals surface area (Å²) in [4.78, 5) is 25.0. The lowest BCUT2D eigenvalue weighted by Crippen LogP contribution is -2.35. The third-order valence-corrected chi connectivity index (χ3v) is 3.56. The van der Waals surface area contributed by atoms with Gasteiger partial charge in [0.15, 0.2) is 0 Å². The van der Waals surface area contributed by atoms with E-state index in [4.69, 9.17) is 15.6 Å². The molecule has 3 atom stereocenters. The third-order valence-electron chi connectivity index (χ3n) is 2.80. The summed E-state index contributed by atoms with van der Waals surface area (Å²) in [6.45, 7) is -0.364. The van der Waals surface area contributed by atoms with Crippen LogP contribution in [0.3, 0.4) is 0 Å². The van der Waals surface area contributed by atoms with E-state index >= 15 is 0 Å². The first kappa shape index (κ1) is 13.3. The van der Waals surface area contributed by atoms with Crippen molar-refractivity contribution < 1.29 is 14.9 Å². The van der Waals surface area contributed by atoms with Gasteiger partial charge in [0.25, 0.3) is 5.56 Å². The lowest BCUT2D eigenvalue weighted by molar-refractivity contribution is -0.0451. The highest BCUT2D eigenvalue weighted by Crippen LogP contribution is 2.29. The van der Waals surface area contributed by atoms with E-state index in [1.54, 1.807) is 0 Å². The van der Waals surface area contributed by atoms with Crippen LogP contribution in [0.5, 0.6) is 0 Å². The Morgan fingerprint density at radius 1 is 1.56 bits per heavy atom. The highest BCUT2D eigenvalue weighted by atomic mass is 79.9. The van der Waals surface area contributed by atoms with Crippen LogP contribution in [0.4, 0.5) is 5.82 Å². The SMILES string of the molecule is Nc1c(Br)c(=O)[nH]c(=O)n1[C@@H]1CC(O)[C@H](CO)O1. The second-order valence-electron chi connectivity index (χ2n) is 3.94. The maximum atomic E-state index is 11.7. The number of nitrogens with one attached hydrogen (secondary N) is 1. The second-order valence-corrected chi connectivity index (χ2v) is 4.74. The fourth-order valence-electron chi connectivity index (χ4n) is 1.87. The van der Waals surface area contributed by atoms with Gasteiger partial charge in [0.1, 0.15) is 22.6 Å². The number of nitrogens with two attached hydrogens (primary N) is 1. The second kappa shape index (κ2) is 4.84. The van der Waals surface area contributed by atoms with Crippen LogP contribution >= 0.6 is 15.9 Å². The number of rotatable bonds is 2. The first-order valence-electron chi connectivity index (χ1n) is 5.20. The van der Waals surface area contributed by atoms with E-state index in [0.29, 0.717) is 0 Å². The summed E-state index contributed by atoms with van der Waals surface area (Å²) >= 11 is 2.96. The van der Waals surface area contributed by atoms with Crippen molar-refractivity contribution in [3.63, 3.8) is 0 Å². The Bertz CT molecular complexity index is 568. The molecule has 0 spiro atoms. The van der Waals surface area contributed by atoms with E-state index in [0.717, 1.165) is 4.57 Å². The van der Waals surface area contributed by atoms with Gasteiger partial charge in [-0.05, 0) is 15.9 Å². The molecule has 8 nitrogen and oxygen atoms in total. The highest BCUT2D eigenvalue weighted by molar-refractivity contribution is 9.10. The molecule has 0 amide bonds. The molecule has 0 bridgehead atoms. The van der Waals surface area contributed by atoms with Crippen molar-refractivity contribution >= 4 is 21.7 Å². The van der Waals surface area contributed by atoms with Crippen LogP contribution in [0.25, 0.3) is 0 Å². The quantitative estimate of drug-likeness (QED) is 0.525. The summed E-state index contributed by atoms with van der Waals surface area (Å²) in [5, 5.41) is 18.6. The maximum absolute atomic E-state index is 11.7. The van der Waals surface area contributed by atoms with Crippen molar-refractivity contribution in [1.82, 2.24) is 9.55 Å². The van der Waals surface area contributed by atoms with Gasteiger partial charge in [0.2, 0.25) is 0 Å². The Labute approximate surface area is 109 Å². The third kappa shape index (κ3) is 2.09. The molecule has 1 aromatic heterocycles. The van der Waals surface area contributed by atoms with Gasteiger partial charge in [-0.25, -0.2) is 4.79 Å². The number of ether oxygens (including phenoxy) is 1. The molecule has 1 aromatic rings. The monoisotopic (exact) mass is 321 g/mol. The zero-order chi connectivity index (χ0) is 13.4. The Balaban J connectivity index is 2.45. The smallest absolute Gasteiger partial charge is 0.332 e. The normalized spacial score (nSPS) is 27.6. The molecule has 1 aliphatic rings. The lowest BCUT2D eigenvalue weighted by Gasteiger charge is -2.17. The summed E-state index contributed by atoms with van der Waals surface area (Å²) in [6, 6.07) is 0. The van der Waals surface area contributed by atoms with Crippen LogP contribution < -0.4 is 17.0 Å². The van der Waals surface area contributed by atoms with Gasteiger partial charge in [-0.15, -0.1) is 0 Å². The van der Waals surface area contributed by atoms with Crippen LogP contribution in [-0.2, 0) is 4.74 Å². The molecule has 1 fully saturated rings. The topological polar surface area (TPSA) is 131 Å². The fraction of sp³-hybridized carbons (Fsp3) is 0.556. The van der Waals surface area contributed by atoms with Gasteiger partial charge in [0.05, 0.1) is 12.7 Å². The van der Waals surface area contributed by atoms with Gasteiger partial charge in [-0.2, -0.15) is 0 Å². The Morgan fingerprint density at radius 2 is 2.22 bits per heavy atom. The van der Waals surface area contributed by atoms with E-state index in [9.17, 15) is 14.7 Å². The average molecular weight is 322 g/mol. The first-order chi connectivity index (χ1) is 8.45. The fourth-order valence-corrected chi connectivity index (χ4v) is 2.16. The van der Waals surface area contributed by atoms with E-state index in [1.165, 1.54) is 0 Å². The molecule has 0 saturated carbocycles. The summed E-state index contributed by atoms with van der Waals surface area (Å²) in [5.41, 5.74) is 4.31. The molecular formula is C9H12BrN3O5. The van der Waals surface area contributed by atoms with Crippen molar-refractivity contribution in [3.05, 3.63) is 25.3 Å². The number of aromatic nitrogens is 2. The first-order valence-corrected chi connectivity index (χ1v) is 5.99. The number of halogens is 1. The van der Waals surface area contributed by atoms with Crippen molar-refractivity contribution in [2.24, 2.45) is 0 Å². The lowest BCUT2D eigenvalue weighted by atomic mass is 10.2. The predicted octanol–water partition coefficient (Wildman–Crippen LogP) is -1.48. The number of H-pyrrole nitrogens is 1. The molecular weight excluding hydrogens is 310 g/mol. The Kier molecular flexibility index (Phi) is 3.57. The number of anilines is 1. The van der Waals surface area contributed by atoms with Crippen LogP contribution in [0.15, 0.2) is 14.1 Å². The van der Waals surface area contributed by atoms with Crippen LogP contribution in [0, 0.1) is 0 Å². The molecule has 100 valence electrons. The summed E-state index contributed by atoms with van der Waals surface area (Å²) in [7, 11) is 0. The van der Waals surface area contributed by atoms with Crippen molar-refractivity contribution in [3.8, 4) is 0 Å². The highest BCUT2D eigenvalue weighted by Gasteiger charge is 2.36. The molecule has 18 heavy (non-hydrogen) atoms. The number of nitrogens with zero attached hydrogens (tertiary/aromatic N) is 1. The molecule has 0 radical (unpaired) electrons. The maximum Gasteiger partial charge on any atom is 0.332 e. The van der Waals surface area contributed by atoms with E-state index < -0.39 is 29.7 Å². The van der Waals surface area contributed by atoms with Crippen molar-refractivity contribution in [2.75, 3.05) is 12.3 Å². The van der Waals surface area contributed by atoms with Crippen LogP contribution in [0.1, 0.15) is 12.6 Å². The van der Waals surface area contributed by atoms with E-state index in [2.05, 4.69) is 20.9 Å². The van der Waals surface area contributed by atoms with Crippen LogP contribution in [-0.4, -0.2) is 38.6 Å². The van der Waals surface area contributed by atoms with Gasteiger partial charge in [-0.3, -0.25) is 14.3 Å². The standard InChI is InChI=1S/C9H12BrN3O5/c10-6-7(11)13(9(17)12-8(6)16)5-1-3(15)4(2-14)18-5/h3-5,14-15H,1-2,11H2,(H,12,16,17)/t3?,4-,5-/m0/s1. The number of aromatic amines is 1. The number of nitrogen functional groups attached to an aromatic ring is 1. The van der Waals surface area contributed by atoms with Gasteiger partial charge >= 0.3 is 5.69 Å². The molecule has 2 heterocycles. The number of aliphatic hydroxyl groups is 2. The van der Waals surface area contributed by atoms with Crippen molar-refractivity contribution in [1.29, 1.82) is 0 Å². The van der Waals surface area contributed by atoms with Gasteiger partial charge in [0, 0.05) is 6.42 Å². The molecule has 9 heteroatoms. The van der Waals surface area contributed by atoms with E-state index in [1.807, 2.05) is 0 Å². The van der Waals surface area contributed by atoms with Gasteiger partial charge in [-0.1, -0.05) is 0 Å². The summed E-state index contributed by atoms with van der Waals surface area (Å²) in [5.74, 6) is -0.0838. The minimum atomic E-state index is -0.892. The number of hydrogen-bond donors (Lipinski definition) is 4. The largest absolute Gasteiger partial charge is 0.394 e. The van der Waals surface area contributed by atoms with Gasteiger partial charge < -0.3 is 20.7 Å². The van der Waals surface area contributed by atoms with E-state index in [-0.39, 0.29) is 23.3 Å².